The lowest BCUT2D eigenvalue weighted by atomic mass is 9.93. The summed E-state index contributed by atoms with van der Waals surface area (Å²) in [5.41, 5.74) is 1.07. The maximum atomic E-state index is 5.02. The molecule has 25 heavy (non-hydrogen) atoms. The highest BCUT2D eigenvalue weighted by atomic mass is 16.5. The molecule has 1 aliphatic rings. The van der Waals surface area contributed by atoms with E-state index in [1.807, 2.05) is 18.5 Å². The second-order valence-corrected chi connectivity index (χ2v) is 6.73. The minimum Gasteiger partial charge on any atom is -0.383 e. The van der Waals surface area contributed by atoms with Crippen molar-refractivity contribution in [2.45, 2.75) is 25.8 Å². The van der Waals surface area contributed by atoms with E-state index in [0.717, 1.165) is 49.9 Å². The van der Waals surface area contributed by atoms with E-state index >= 15 is 0 Å². The normalized spacial score (nSPS) is 18.4. The first-order valence-corrected chi connectivity index (χ1v) is 8.98. The van der Waals surface area contributed by atoms with E-state index in [2.05, 4.69) is 43.1 Å². The molecular weight excluding hydrogens is 316 g/mol. The number of methoxy groups -OCH3 is 1. The van der Waals surface area contributed by atoms with Gasteiger partial charge < -0.3 is 14.6 Å². The van der Waals surface area contributed by atoms with E-state index < -0.39 is 0 Å². The highest BCUT2D eigenvalue weighted by Gasteiger charge is 2.21. The first-order chi connectivity index (χ1) is 12.2. The van der Waals surface area contributed by atoms with Gasteiger partial charge in [-0.3, -0.25) is 4.90 Å². The topological polar surface area (TPSA) is 68.1 Å². The number of hydrogen-bond acceptors (Lipinski definition) is 6. The van der Waals surface area contributed by atoms with Gasteiger partial charge in [0.15, 0.2) is 0 Å². The number of nitrogens with zero attached hydrogens (tertiary/aromatic N) is 5. The molecule has 1 saturated heterocycles. The Kier molecular flexibility index (Phi) is 6.36. The summed E-state index contributed by atoms with van der Waals surface area (Å²) in [7, 11) is 3.75. The smallest absolute Gasteiger partial charge is 0.148 e. The quantitative estimate of drug-likeness (QED) is 0.736. The summed E-state index contributed by atoms with van der Waals surface area (Å²) in [5.74, 6) is 2.57. The van der Waals surface area contributed by atoms with Crippen molar-refractivity contribution in [1.29, 1.82) is 0 Å². The Morgan fingerprint density at radius 2 is 2.24 bits per heavy atom. The molecule has 0 radical (unpaired) electrons. The van der Waals surface area contributed by atoms with Gasteiger partial charge in [-0.1, -0.05) is 0 Å². The Balaban J connectivity index is 1.49. The number of aromatic nitrogens is 4. The zero-order valence-corrected chi connectivity index (χ0v) is 15.2. The number of likely N-dealkylation sites (tertiary alicyclic amines) is 1. The number of aryl methyl sites for hydroxylation is 1. The molecule has 136 valence electrons. The minimum atomic E-state index is 0.635. The Morgan fingerprint density at radius 3 is 2.96 bits per heavy atom. The summed E-state index contributed by atoms with van der Waals surface area (Å²) in [6.45, 7) is 4.58. The molecule has 1 atom stereocenters. The third-order valence-electron chi connectivity index (χ3n) is 4.72. The average Bonchev–Trinajstić information content (AvgIpc) is 3.02. The van der Waals surface area contributed by atoms with Crippen LogP contribution in [-0.2, 0) is 24.8 Å². The maximum absolute atomic E-state index is 5.02. The van der Waals surface area contributed by atoms with Crippen LogP contribution in [0.4, 0.5) is 5.82 Å². The molecule has 0 aromatic carbocycles. The van der Waals surface area contributed by atoms with Crippen LogP contribution in [0.3, 0.4) is 0 Å². The van der Waals surface area contributed by atoms with E-state index in [1.54, 1.807) is 7.11 Å². The van der Waals surface area contributed by atoms with Crippen molar-refractivity contribution in [3.63, 3.8) is 0 Å². The van der Waals surface area contributed by atoms with Crippen molar-refractivity contribution in [1.82, 2.24) is 24.6 Å². The van der Waals surface area contributed by atoms with Crippen LogP contribution in [0.5, 0.6) is 0 Å². The molecule has 0 saturated carbocycles. The van der Waals surface area contributed by atoms with Crippen molar-refractivity contribution in [2.75, 3.05) is 38.7 Å². The molecule has 0 bridgehead atoms. The highest BCUT2D eigenvalue weighted by molar-refractivity contribution is 5.32. The van der Waals surface area contributed by atoms with Crippen LogP contribution in [0.1, 0.15) is 24.4 Å². The summed E-state index contributed by atoms with van der Waals surface area (Å²) in [5, 5.41) is 11.8. The third-order valence-corrected chi connectivity index (χ3v) is 4.72. The zero-order valence-electron chi connectivity index (χ0n) is 15.2. The SMILES string of the molecule is COCCNc1ccc(C[C@H]2CCCN(Cc3nccn3C)C2)nn1. The van der Waals surface area contributed by atoms with E-state index in [9.17, 15) is 0 Å². The molecule has 7 heteroatoms. The van der Waals surface area contributed by atoms with E-state index in [-0.39, 0.29) is 0 Å². The first-order valence-electron chi connectivity index (χ1n) is 8.98. The van der Waals surface area contributed by atoms with Gasteiger partial charge in [0.05, 0.1) is 18.8 Å². The molecule has 1 fully saturated rings. The first kappa shape index (κ1) is 17.8. The fourth-order valence-electron chi connectivity index (χ4n) is 3.35. The van der Waals surface area contributed by atoms with Crippen LogP contribution in [0.2, 0.25) is 0 Å². The summed E-state index contributed by atoms with van der Waals surface area (Å²) in [6.07, 6.45) is 7.36. The molecule has 3 heterocycles. The molecule has 2 aromatic heterocycles. The number of nitrogens with one attached hydrogen (secondary N) is 1. The maximum Gasteiger partial charge on any atom is 0.148 e. The molecule has 0 spiro atoms. The molecule has 0 amide bonds. The molecule has 0 unspecified atom stereocenters. The summed E-state index contributed by atoms with van der Waals surface area (Å²) in [6, 6.07) is 4.09. The van der Waals surface area contributed by atoms with Crippen molar-refractivity contribution in [2.24, 2.45) is 13.0 Å². The Morgan fingerprint density at radius 1 is 1.32 bits per heavy atom. The number of ether oxygens (including phenoxy) is 1. The van der Waals surface area contributed by atoms with Crippen molar-refractivity contribution < 1.29 is 4.74 Å². The van der Waals surface area contributed by atoms with E-state index in [1.165, 1.54) is 12.8 Å². The second-order valence-electron chi connectivity index (χ2n) is 6.73. The van der Waals surface area contributed by atoms with Crippen molar-refractivity contribution >= 4 is 5.82 Å². The van der Waals surface area contributed by atoms with Crippen LogP contribution < -0.4 is 5.32 Å². The lowest BCUT2D eigenvalue weighted by Crippen LogP contribution is -2.36. The predicted octanol–water partition coefficient (Wildman–Crippen LogP) is 1.72. The van der Waals surface area contributed by atoms with Gasteiger partial charge in [-0.15, -0.1) is 5.10 Å². The van der Waals surface area contributed by atoms with Crippen molar-refractivity contribution in [3.8, 4) is 0 Å². The van der Waals surface area contributed by atoms with Crippen LogP contribution in [0, 0.1) is 5.92 Å². The fraction of sp³-hybridized carbons (Fsp3) is 0.611. The van der Waals surface area contributed by atoms with Gasteiger partial charge >= 0.3 is 0 Å². The van der Waals surface area contributed by atoms with E-state index in [4.69, 9.17) is 4.74 Å². The van der Waals surface area contributed by atoms with Crippen LogP contribution in [0.15, 0.2) is 24.5 Å². The minimum absolute atomic E-state index is 0.635. The van der Waals surface area contributed by atoms with E-state index in [0.29, 0.717) is 12.5 Å². The van der Waals surface area contributed by atoms with Gasteiger partial charge in [-0.05, 0) is 43.9 Å². The largest absolute Gasteiger partial charge is 0.383 e. The summed E-state index contributed by atoms with van der Waals surface area (Å²) < 4.78 is 7.12. The lowest BCUT2D eigenvalue weighted by Gasteiger charge is -2.32. The van der Waals surface area contributed by atoms with Gasteiger partial charge in [0.25, 0.3) is 0 Å². The van der Waals surface area contributed by atoms with Crippen LogP contribution >= 0.6 is 0 Å². The second kappa shape index (κ2) is 8.92. The van der Waals surface area contributed by atoms with Crippen LogP contribution in [0.25, 0.3) is 0 Å². The van der Waals surface area contributed by atoms with Crippen molar-refractivity contribution in [3.05, 3.63) is 36.0 Å². The molecular formula is C18H28N6O. The molecule has 1 aliphatic heterocycles. The number of imidazole rings is 1. The molecule has 2 aromatic rings. The number of rotatable bonds is 8. The van der Waals surface area contributed by atoms with Gasteiger partial charge in [-0.25, -0.2) is 4.98 Å². The molecule has 1 N–H and O–H groups in total. The molecule has 7 nitrogen and oxygen atoms in total. The predicted molar refractivity (Wildman–Crippen MR) is 97.3 cm³/mol. The van der Waals surface area contributed by atoms with Gasteiger partial charge in [0, 0.05) is 39.6 Å². The average molecular weight is 344 g/mol. The van der Waals surface area contributed by atoms with Gasteiger partial charge in [-0.2, -0.15) is 5.10 Å². The Hall–Kier alpha value is -1.99. The summed E-state index contributed by atoms with van der Waals surface area (Å²) >= 11 is 0. The lowest BCUT2D eigenvalue weighted by molar-refractivity contribution is 0.161. The Labute approximate surface area is 149 Å². The zero-order chi connectivity index (χ0) is 17.5. The number of hydrogen-bond donors (Lipinski definition) is 1. The Bertz CT molecular complexity index is 641. The standard InChI is InChI=1S/C18H28N6O/c1-23-10-7-20-18(23)14-24-9-3-4-15(13-24)12-16-5-6-17(22-21-16)19-8-11-25-2/h5-7,10,15H,3-4,8-9,11-14H2,1-2H3,(H,19,22)/t15-/m1/s1. The number of piperidine rings is 1. The van der Waals surface area contributed by atoms with Crippen LogP contribution in [-0.4, -0.2) is 58.0 Å². The number of anilines is 1. The fourth-order valence-corrected chi connectivity index (χ4v) is 3.35. The monoisotopic (exact) mass is 344 g/mol. The summed E-state index contributed by atoms with van der Waals surface area (Å²) in [4.78, 5) is 6.95. The van der Waals surface area contributed by atoms with Gasteiger partial charge in [0.1, 0.15) is 11.6 Å². The third kappa shape index (κ3) is 5.24. The van der Waals surface area contributed by atoms with Gasteiger partial charge in [0.2, 0.25) is 0 Å². The molecule has 0 aliphatic carbocycles. The highest BCUT2D eigenvalue weighted by Crippen LogP contribution is 2.21. The molecule has 3 rings (SSSR count).